The number of nitrogens with two attached hydrogens (primary N) is 1. The summed E-state index contributed by atoms with van der Waals surface area (Å²) in [6, 6.07) is 1.65. The first-order valence-electron chi connectivity index (χ1n) is 4.85. The van der Waals surface area contributed by atoms with Crippen LogP contribution in [-0.4, -0.2) is 26.9 Å². The van der Waals surface area contributed by atoms with Gasteiger partial charge < -0.3 is 10.5 Å². The summed E-state index contributed by atoms with van der Waals surface area (Å²) in [5.41, 5.74) is 6.97. The Hall–Kier alpha value is -1.85. The molecular formula is C9H11N5O. The number of hydrogen-bond donors (Lipinski definition) is 1. The van der Waals surface area contributed by atoms with Gasteiger partial charge in [-0.25, -0.2) is 0 Å². The molecule has 0 amide bonds. The second-order valence-electron chi connectivity index (χ2n) is 3.71. The van der Waals surface area contributed by atoms with E-state index in [0.717, 1.165) is 18.7 Å². The normalized spacial score (nSPS) is 15.8. The molecule has 6 heteroatoms. The van der Waals surface area contributed by atoms with Crippen molar-refractivity contribution in [3.8, 4) is 5.88 Å². The first-order chi connectivity index (χ1) is 7.29. The topological polar surface area (TPSA) is 78.3 Å². The smallest absolute Gasteiger partial charge is 0.233 e. The number of fused-ring (bicyclic) bond motifs is 1. The molecule has 0 atom stereocenters. The molecule has 1 aliphatic carbocycles. The lowest BCUT2D eigenvalue weighted by molar-refractivity contribution is 0.389. The van der Waals surface area contributed by atoms with E-state index in [4.69, 9.17) is 10.5 Å². The zero-order valence-corrected chi connectivity index (χ0v) is 8.34. The number of anilines is 1. The molecule has 2 N–H and O–H groups in total. The summed E-state index contributed by atoms with van der Waals surface area (Å²) in [4.78, 5) is 0. The van der Waals surface area contributed by atoms with E-state index in [2.05, 4.69) is 15.3 Å². The molecule has 0 spiro atoms. The molecule has 0 aromatic carbocycles. The maximum absolute atomic E-state index is 5.82. The van der Waals surface area contributed by atoms with Gasteiger partial charge >= 0.3 is 0 Å². The van der Waals surface area contributed by atoms with Crippen LogP contribution >= 0.6 is 0 Å². The molecule has 2 aromatic rings. The SMILES string of the molecule is COc1cc(N)c2nnc(C3CC3)n2n1. The van der Waals surface area contributed by atoms with Gasteiger partial charge in [-0.2, -0.15) is 4.52 Å². The van der Waals surface area contributed by atoms with Crippen LogP contribution in [0.25, 0.3) is 5.65 Å². The molecule has 0 radical (unpaired) electrons. The molecule has 1 fully saturated rings. The minimum Gasteiger partial charge on any atom is -0.480 e. The Balaban J connectivity index is 2.26. The van der Waals surface area contributed by atoms with Gasteiger partial charge in [-0.05, 0) is 12.8 Å². The molecule has 2 aromatic heterocycles. The van der Waals surface area contributed by atoms with E-state index in [1.165, 1.54) is 0 Å². The van der Waals surface area contributed by atoms with Gasteiger partial charge in [0.25, 0.3) is 0 Å². The van der Waals surface area contributed by atoms with Crippen LogP contribution in [0.15, 0.2) is 6.07 Å². The lowest BCUT2D eigenvalue weighted by Gasteiger charge is -2.02. The Morgan fingerprint density at radius 2 is 2.27 bits per heavy atom. The molecule has 1 aliphatic rings. The van der Waals surface area contributed by atoms with Gasteiger partial charge in [-0.15, -0.1) is 15.3 Å². The average Bonchev–Trinajstić information content (AvgIpc) is 2.99. The third-order valence-corrected chi connectivity index (χ3v) is 2.55. The lowest BCUT2D eigenvalue weighted by Crippen LogP contribution is -2.02. The van der Waals surface area contributed by atoms with Crippen LogP contribution in [0.5, 0.6) is 5.88 Å². The zero-order chi connectivity index (χ0) is 10.4. The standard InChI is InChI=1S/C9H11N5O/c1-15-7-4-6(10)9-12-11-8(5-2-3-5)14(9)13-7/h4-5H,2-3,10H2,1H3. The van der Waals surface area contributed by atoms with Crippen LogP contribution < -0.4 is 10.5 Å². The van der Waals surface area contributed by atoms with E-state index in [-0.39, 0.29) is 0 Å². The first-order valence-corrected chi connectivity index (χ1v) is 4.85. The van der Waals surface area contributed by atoms with Crippen LogP contribution in [-0.2, 0) is 0 Å². The molecule has 78 valence electrons. The third-order valence-electron chi connectivity index (χ3n) is 2.55. The van der Waals surface area contributed by atoms with Crippen LogP contribution in [0, 0.1) is 0 Å². The molecular weight excluding hydrogens is 194 g/mol. The zero-order valence-electron chi connectivity index (χ0n) is 8.34. The summed E-state index contributed by atoms with van der Waals surface area (Å²) in [7, 11) is 1.56. The van der Waals surface area contributed by atoms with Gasteiger partial charge in [0.15, 0.2) is 5.82 Å². The molecule has 2 heterocycles. The average molecular weight is 205 g/mol. The van der Waals surface area contributed by atoms with Crippen LogP contribution in [0.4, 0.5) is 5.69 Å². The minimum atomic E-state index is 0.485. The number of methoxy groups -OCH3 is 1. The number of nitrogens with zero attached hydrogens (tertiary/aromatic N) is 4. The third kappa shape index (κ3) is 1.21. The Morgan fingerprint density at radius 1 is 1.47 bits per heavy atom. The second kappa shape index (κ2) is 2.82. The van der Waals surface area contributed by atoms with E-state index in [1.807, 2.05) is 0 Å². The molecule has 0 aliphatic heterocycles. The van der Waals surface area contributed by atoms with Crippen molar-refractivity contribution in [1.82, 2.24) is 19.8 Å². The van der Waals surface area contributed by atoms with Gasteiger partial charge in [0.1, 0.15) is 0 Å². The van der Waals surface area contributed by atoms with E-state index >= 15 is 0 Å². The highest BCUT2D eigenvalue weighted by molar-refractivity contribution is 5.64. The summed E-state index contributed by atoms with van der Waals surface area (Å²) in [6.07, 6.45) is 2.30. The molecule has 0 bridgehead atoms. The second-order valence-corrected chi connectivity index (χ2v) is 3.71. The quantitative estimate of drug-likeness (QED) is 0.776. The predicted octanol–water partition coefficient (Wildman–Crippen LogP) is 0.592. The Morgan fingerprint density at radius 3 is 2.93 bits per heavy atom. The highest BCUT2D eigenvalue weighted by Gasteiger charge is 2.29. The van der Waals surface area contributed by atoms with Gasteiger partial charge in [-0.1, -0.05) is 0 Å². The van der Waals surface area contributed by atoms with Crippen molar-refractivity contribution in [1.29, 1.82) is 0 Å². The number of aromatic nitrogens is 4. The Bertz CT molecular complexity index is 516. The fraction of sp³-hybridized carbons (Fsp3) is 0.444. The van der Waals surface area contributed by atoms with Crippen LogP contribution in [0.3, 0.4) is 0 Å². The van der Waals surface area contributed by atoms with Crippen molar-refractivity contribution < 1.29 is 4.74 Å². The van der Waals surface area contributed by atoms with Crippen molar-refractivity contribution >= 4 is 11.3 Å². The molecule has 15 heavy (non-hydrogen) atoms. The van der Waals surface area contributed by atoms with Crippen molar-refractivity contribution in [2.75, 3.05) is 12.8 Å². The minimum absolute atomic E-state index is 0.485. The molecule has 0 saturated heterocycles. The lowest BCUT2D eigenvalue weighted by atomic mass is 10.4. The van der Waals surface area contributed by atoms with Crippen LogP contribution in [0.2, 0.25) is 0 Å². The molecule has 0 unspecified atom stereocenters. The summed E-state index contributed by atoms with van der Waals surface area (Å²) in [5.74, 6) is 1.86. The fourth-order valence-corrected chi connectivity index (χ4v) is 1.59. The Kier molecular flexibility index (Phi) is 1.59. The van der Waals surface area contributed by atoms with Crippen molar-refractivity contribution in [2.45, 2.75) is 18.8 Å². The molecule has 1 saturated carbocycles. The number of hydrogen-bond acceptors (Lipinski definition) is 5. The van der Waals surface area contributed by atoms with E-state index in [9.17, 15) is 0 Å². The first kappa shape index (κ1) is 8.46. The van der Waals surface area contributed by atoms with Gasteiger partial charge in [-0.3, -0.25) is 0 Å². The van der Waals surface area contributed by atoms with Crippen molar-refractivity contribution in [3.63, 3.8) is 0 Å². The van der Waals surface area contributed by atoms with Crippen molar-refractivity contribution in [2.24, 2.45) is 0 Å². The predicted molar refractivity (Wildman–Crippen MR) is 53.7 cm³/mol. The summed E-state index contributed by atoms with van der Waals surface area (Å²) in [5, 5.41) is 12.4. The number of nitrogen functional groups attached to an aromatic ring is 1. The van der Waals surface area contributed by atoms with Gasteiger partial charge in [0.2, 0.25) is 11.5 Å². The van der Waals surface area contributed by atoms with E-state index < -0.39 is 0 Å². The molecule has 6 nitrogen and oxygen atoms in total. The van der Waals surface area contributed by atoms with Gasteiger partial charge in [0.05, 0.1) is 12.8 Å². The van der Waals surface area contributed by atoms with Crippen molar-refractivity contribution in [3.05, 3.63) is 11.9 Å². The monoisotopic (exact) mass is 205 g/mol. The Labute approximate surface area is 86.1 Å². The largest absolute Gasteiger partial charge is 0.480 e. The highest BCUT2D eigenvalue weighted by atomic mass is 16.5. The number of ether oxygens (including phenoxy) is 1. The van der Waals surface area contributed by atoms with Crippen LogP contribution in [0.1, 0.15) is 24.6 Å². The maximum Gasteiger partial charge on any atom is 0.233 e. The summed E-state index contributed by atoms with van der Waals surface area (Å²) >= 11 is 0. The molecule has 3 rings (SSSR count). The van der Waals surface area contributed by atoms with Gasteiger partial charge in [0, 0.05) is 12.0 Å². The van der Waals surface area contributed by atoms with E-state index in [0.29, 0.717) is 23.1 Å². The number of rotatable bonds is 2. The summed E-state index contributed by atoms with van der Waals surface area (Å²) < 4.78 is 6.75. The fourth-order valence-electron chi connectivity index (χ4n) is 1.59. The summed E-state index contributed by atoms with van der Waals surface area (Å²) in [6.45, 7) is 0. The van der Waals surface area contributed by atoms with E-state index in [1.54, 1.807) is 17.7 Å². The maximum atomic E-state index is 5.82. The highest BCUT2D eigenvalue weighted by Crippen LogP contribution is 2.39.